The van der Waals surface area contributed by atoms with Gasteiger partial charge in [0.1, 0.15) is 6.61 Å². The number of aromatic nitrogens is 1. The van der Waals surface area contributed by atoms with Crippen molar-refractivity contribution in [2.75, 3.05) is 0 Å². The highest BCUT2D eigenvalue weighted by Gasteiger charge is 2.61. The van der Waals surface area contributed by atoms with Gasteiger partial charge < -0.3 is 14.7 Å². The third-order valence-corrected chi connectivity index (χ3v) is 10.0. The molecule has 1 aromatic heterocycles. The van der Waals surface area contributed by atoms with E-state index in [9.17, 15) is 10.2 Å². The zero-order valence-electron chi connectivity index (χ0n) is 17.8. The van der Waals surface area contributed by atoms with E-state index >= 15 is 0 Å². The lowest BCUT2D eigenvalue weighted by Crippen LogP contribution is -2.55. The van der Waals surface area contributed by atoms with Crippen molar-refractivity contribution in [3.8, 4) is 0 Å². The summed E-state index contributed by atoms with van der Waals surface area (Å²) in [6, 6.07) is 1.99. The maximum Gasteiger partial charge on any atom is 0.162 e. The lowest BCUT2D eigenvalue weighted by atomic mass is 9.44. The standard InChI is InChI=1S/C24H37NO3/c1-22(27)10-11-23(2)15(13-22)4-5-17-18-6-7-20(21-12-16(14-26)28-25-21)24(18,3)9-8-19(17)23/h12,15,17-20,26-27H,4-11,13-14H2,1-3H3/t15-,17-,18-,19-,20+,22+,23-,24-/m0/s1. The lowest BCUT2D eigenvalue weighted by Gasteiger charge is -2.61. The fourth-order valence-electron chi connectivity index (χ4n) is 8.48. The SMILES string of the molecule is C[C@@]1(O)CC[C@@]2(C)[C@@H](CC[C@@H]3[C@@H]2CC[C@]2(C)[C@@H](c4cc(CO)on4)CC[C@@H]32)C1. The Balaban J connectivity index is 1.41. The molecule has 156 valence electrons. The molecule has 4 aliphatic carbocycles. The average Bonchev–Trinajstić information content (AvgIpc) is 3.25. The molecular weight excluding hydrogens is 350 g/mol. The van der Waals surface area contributed by atoms with Crippen LogP contribution in [0.4, 0.5) is 0 Å². The summed E-state index contributed by atoms with van der Waals surface area (Å²) < 4.78 is 5.34. The lowest BCUT2D eigenvalue weighted by molar-refractivity contribution is -0.143. The van der Waals surface area contributed by atoms with Gasteiger partial charge in [0.15, 0.2) is 5.76 Å². The van der Waals surface area contributed by atoms with Crippen molar-refractivity contribution in [3.63, 3.8) is 0 Å². The zero-order valence-corrected chi connectivity index (χ0v) is 17.8. The summed E-state index contributed by atoms with van der Waals surface area (Å²) in [5, 5.41) is 24.4. The topological polar surface area (TPSA) is 66.5 Å². The second kappa shape index (κ2) is 6.31. The highest BCUT2D eigenvalue weighted by Crippen LogP contribution is 2.69. The van der Waals surface area contributed by atoms with Gasteiger partial charge in [0.05, 0.1) is 11.3 Å². The van der Waals surface area contributed by atoms with Gasteiger partial charge in [0.25, 0.3) is 0 Å². The van der Waals surface area contributed by atoms with Crippen LogP contribution in [0.25, 0.3) is 0 Å². The Morgan fingerprint density at radius 1 is 1.00 bits per heavy atom. The Morgan fingerprint density at radius 3 is 2.54 bits per heavy atom. The minimum atomic E-state index is -0.448. The number of rotatable bonds is 2. The number of nitrogens with zero attached hydrogens (tertiary/aromatic N) is 1. The third-order valence-electron chi connectivity index (χ3n) is 10.0. The first kappa shape index (κ1) is 19.1. The first-order valence-electron chi connectivity index (χ1n) is 11.6. The smallest absolute Gasteiger partial charge is 0.162 e. The molecule has 8 atom stereocenters. The second-order valence-electron chi connectivity index (χ2n) is 11.4. The van der Waals surface area contributed by atoms with Crippen molar-refractivity contribution < 1.29 is 14.7 Å². The zero-order chi connectivity index (χ0) is 19.7. The number of hydrogen-bond donors (Lipinski definition) is 2. The van der Waals surface area contributed by atoms with E-state index in [0.717, 1.165) is 36.3 Å². The van der Waals surface area contributed by atoms with Gasteiger partial charge in [-0.3, -0.25) is 0 Å². The molecule has 1 aromatic rings. The maximum absolute atomic E-state index is 10.7. The van der Waals surface area contributed by atoms with Crippen LogP contribution in [0.15, 0.2) is 10.6 Å². The Bertz CT molecular complexity index is 742. The van der Waals surface area contributed by atoms with Gasteiger partial charge in [0.2, 0.25) is 0 Å². The van der Waals surface area contributed by atoms with E-state index in [1.165, 1.54) is 44.9 Å². The third kappa shape index (κ3) is 2.66. The molecule has 0 bridgehead atoms. The summed E-state index contributed by atoms with van der Waals surface area (Å²) in [5.41, 5.74) is 1.35. The van der Waals surface area contributed by atoms with Crippen molar-refractivity contribution in [3.05, 3.63) is 17.5 Å². The molecule has 0 radical (unpaired) electrons. The molecule has 0 aromatic carbocycles. The predicted octanol–water partition coefficient (Wildman–Crippen LogP) is 5.04. The Kier molecular flexibility index (Phi) is 4.31. The van der Waals surface area contributed by atoms with Gasteiger partial charge in [-0.15, -0.1) is 0 Å². The summed E-state index contributed by atoms with van der Waals surface area (Å²) in [6.07, 6.45) is 10.9. The fraction of sp³-hybridized carbons (Fsp3) is 0.875. The molecule has 4 nitrogen and oxygen atoms in total. The molecule has 2 N–H and O–H groups in total. The Hall–Kier alpha value is -0.870. The molecular formula is C24H37NO3. The van der Waals surface area contributed by atoms with Gasteiger partial charge in [0, 0.05) is 12.0 Å². The largest absolute Gasteiger partial charge is 0.390 e. The van der Waals surface area contributed by atoms with Crippen molar-refractivity contribution in [1.29, 1.82) is 0 Å². The molecule has 4 fully saturated rings. The van der Waals surface area contributed by atoms with Gasteiger partial charge in [-0.1, -0.05) is 19.0 Å². The monoisotopic (exact) mass is 387 g/mol. The number of aliphatic hydroxyl groups excluding tert-OH is 1. The fourth-order valence-corrected chi connectivity index (χ4v) is 8.48. The van der Waals surface area contributed by atoms with E-state index in [4.69, 9.17) is 4.52 Å². The van der Waals surface area contributed by atoms with Crippen molar-refractivity contribution in [2.24, 2.45) is 34.5 Å². The van der Waals surface area contributed by atoms with Crippen LogP contribution in [0.5, 0.6) is 0 Å². The molecule has 0 unspecified atom stereocenters. The number of hydrogen-bond acceptors (Lipinski definition) is 4. The summed E-state index contributed by atoms with van der Waals surface area (Å²) in [7, 11) is 0. The molecule has 4 heteroatoms. The summed E-state index contributed by atoms with van der Waals surface area (Å²) in [6.45, 7) is 7.06. The van der Waals surface area contributed by atoms with Gasteiger partial charge in [-0.25, -0.2) is 0 Å². The molecule has 5 rings (SSSR count). The summed E-state index contributed by atoms with van der Waals surface area (Å²) >= 11 is 0. The maximum atomic E-state index is 10.7. The van der Waals surface area contributed by atoms with Gasteiger partial charge >= 0.3 is 0 Å². The first-order chi connectivity index (χ1) is 13.3. The van der Waals surface area contributed by atoms with Gasteiger partial charge in [-0.05, 0) is 99.2 Å². The van der Waals surface area contributed by atoms with E-state index < -0.39 is 5.60 Å². The van der Waals surface area contributed by atoms with E-state index in [0.29, 0.717) is 28.4 Å². The molecule has 28 heavy (non-hydrogen) atoms. The normalized spacial score (nSPS) is 50.7. The van der Waals surface area contributed by atoms with Crippen LogP contribution in [0, 0.1) is 34.5 Å². The van der Waals surface area contributed by atoms with Crippen LogP contribution in [0.3, 0.4) is 0 Å². The van der Waals surface area contributed by atoms with Crippen molar-refractivity contribution in [1.82, 2.24) is 5.16 Å². The van der Waals surface area contributed by atoms with Crippen molar-refractivity contribution >= 4 is 0 Å². The minimum absolute atomic E-state index is 0.0614. The summed E-state index contributed by atoms with van der Waals surface area (Å²) in [5.74, 6) is 4.20. The molecule has 4 aliphatic rings. The van der Waals surface area contributed by atoms with E-state index in [2.05, 4.69) is 25.9 Å². The molecule has 0 saturated heterocycles. The quantitative estimate of drug-likeness (QED) is 0.746. The molecule has 4 saturated carbocycles. The predicted molar refractivity (Wildman–Crippen MR) is 108 cm³/mol. The van der Waals surface area contributed by atoms with Crippen LogP contribution < -0.4 is 0 Å². The van der Waals surface area contributed by atoms with Crippen LogP contribution >= 0.6 is 0 Å². The molecule has 1 heterocycles. The number of fused-ring (bicyclic) bond motifs is 5. The summed E-state index contributed by atoms with van der Waals surface area (Å²) in [4.78, 5) is 0. The molecule has 0 spiro atoms. The highest BCUT2D eigenvalue weighted by atomic mass is 16.5. The van der Waals surface area contributed by atoms with Crippen LogP contribution in [-0.2, 0) is 6.61 Å². The Labute approximate surface area is 169 Å². The average molecular weight is 388 g/mol. The number of aliphatic hydroxyl groups is 2. The first-order valence-corrected chi connectivity index (χ1v) is 11.6. The van der Waals surface area contributed by atoms with Crippen LogP contribution in [0.2, 0.25) is 0 Å². The van der Waals surface area contributed by atoms with E-state index in [-0.39, 0.29) is 6.61 Å². The Morgan fingerprint density at radius 2 is 1.79 bits per heavy atom. The second-order valence-corrected chi connectivity index (χ2v) is 11.4. The van der Waals surface area contributed by atoms with Gasteiger partial charge in [-0.2, -0.15) is 0 Å². The highest BCUT2D eigenvalue weighted by molar-refractivity contribution is 5.20. The van der Waals surface area contributed by atoms with E-state index in [1.807, 2.05) is 6.07 Å². The van der Waals surface area contributed by atoms with E-state index in [1.54, 1.807) is 0 Å². The van der Waals surface area contributed by atoms with Crippen LogP contribution in [-0.4, -0.2) is 21.0 Å². The van der Waals surface area contributed by atoms with Crippen LogP contribution in [0.1, 0.15) is 95.9 Å². The molecule has 0 amide bonds. The van der Waals surface area contributed by atoms with Crippen molar-refractivity contribution in [2.45, 2.75) is 96.7 Å². The minimum Gasteiger partial charge on any atom is -0.390 e. The molecule has 0 aliphatic heterocycles.